The molecule has 1 N–H and O–H groups in total. The van der Waals surface area contributed by atoms with E-state index in [1.165, 1.54) is 37.1 Å². The molecular formula is C17H27NO. The highest BCUT2D eigenvalue weighted by Gasteiger charge is 2.29. The summed E-state index contributed by atoms with van der Waals surface area (Å²) in [5.74, 6) is 1.11. The van der Waals surface area contributed by atoms with Gasteiger partial charge >= 0.3 is 0 Å². The summed E-state index contributed by atoms with van der Waals surface area (Å²) in [5.41, 5.74) is 2.77. The monoisotopic (exact) mass is 261 g/mol. The van der Waals surface area contributed by atoms with E-state index in [9.17, 15) is 5.11 Å². The minimum absolute atomic E-state index is 0.407. The Kier molecular flexibility index (Phi) is 4.87. The lowest BCUT2D eigenvalue weighted by Crippen LogP contribution is -2.45. The fourth-order valence-electron chi connectivity index (χ4n) is 3.42. The van der Waals surface area contributed by atoms with E-state index in [1.807, 2.05) is 12.1 Å². The zero-order chi connectivity index (χ0) is 13.8. The van der Waals surface area contributed by atoms with Crippen LogP contribution in [0.15, 0.2) is 18.2 Å². The van der Waals surface area contributed by atoms with Crippen LogP contribution in [0.3, 0.4) is 0 Å². The van der Waals surface area contributed by atoms with Gasteiger partial charge in [-0.1, -0.05) is 26.8 Å². The van der Waals surface area contributed by atoms with Gasteiger partial charge in [-0.15, -0.1) is 0 Å². The van der Waals surface area contributed by atoms with Crippen molar-refractivity contribution in [1.29, 1.82) is 0 Å². The number of benzene rings is 1. The molecule has 2 atom stereocenters. The fourth-order valence-corrected chi connectivity index (χ4v) is 3.42. The molecule has 0 unspecified atom stereocenters. The Morgan fingerprint density at radius 2 is 1.79 bits per heavy atom. The van der Waals surface area contributed by atoms with Crippen LogP contribution >= 0.6 is 0 Å². The fraction of sp³-hybridized carbons (Fsp3) is 0.647. The first kappa shape index (κ1) is 14.4. The van der Waals surface area contributed by atoms with Gasteiger partial charge in [-0.25, -0.2) is 0 Å². The second-order valence-electron chi connectivity index (χ2n) is 5.94. The van der Waals surface area contributed by atoms with Gasteiger partial charge < -0.3 is 5.11 Å². The summed E-state index contributed by atoms with van der Waals surface area (Å²) in [6, 6.07) is 6.52. The summed E-state index contributed by atoms with van der Waals surface area (Å²) in [6.45, 7) is 9.28. The Labute approximate surface area is 117 Å². The largest absolute Gasteiger partial charge is 0.508 e. The van der Waals surface area contributed by atoms with Gasteiger partial charge in [0.1, 0.15) is 5.75 Å². The molecule has 2 rings (SSSR count). The smallest absolute Gasteiger partial charge is 0.115 e. The quantitative estimate of drug-likeness (QED) is 0.875. The van der Waals surface area contributed by atoms with E-state index < -0.39 is 0 Å². The van der Waals surface area contributed by atoms with E-state index in [-0.39, 0.29) is 0 Å². The van der Waals surface area contributed by atoms with Gasteiger partial charge in [0.25, 0.3) is 0 Å². The first-order valence-corrected chi connectivity index (χ1v) is 7.70. The Hall–Kier alpha value is -1.02. The highest BCUT2D eigenvalue weighted by molar-refractivity contribution is 5.37. The normalized spacial score (nSPS) is 22.5. The van der Waals surface area contributed by atoms with Crippen molar-refractivity contribution >= 4 is 0 Å². The number of phenols is 1. The van der Waals surface area contributed by atoms with Gasteiger partial charge in [0.15, 0.2) is 0 Å². The van der Waals surface area contributed by atoms with Crippen LogP contribution in [0.2, 0.25) is 0 Å². The van der Waals surface area contributed by atoms with Crippen molar-refractivity contribution in [2.45, 2.75) is 52.5 Å². The molecular weight excluding hydrogens is 234 g/mol. The third-order valence-corrected chi connectivity index (χ3v) is 4.31. The highest BCUT2D eigenvalue weighted by atomic mass is 16.3. The lowest BCUT2D eigenvalue weighted by Gasteiger charge is -2.39. The number of nitrogens with zero attached hydrogens (tertiary/aromatic N) is 1. The number of phenolic OH excluding ortho intramolecular Hbond substituents is 1. The van der Waals surface area contributed by atoms with E-state index in [1.54, 1.807) is 0 Å². The molecule has 0 aliphatic heterocycles. The summed E-state index contributed by atoms with van der Waals surface area (Å²) in [4.78, 5) is 2.65. The third kappa shape index (κ3) is 3.30. The molecule has 2 heteroatoms. The molecule has 0 spiro atoms. The van der Waals surface area contributed by atoms with Crippen molar-refractivity contribution in [3.05, 3.63) is 29.3 Å². The lowest BCUT2D eigenvalue weighted by molar-refractivity contribution is 0.139. The van der Waals surface area contributed by atoms with Crippen molar-refractivity contribution in [3.63, 3.8) is 0 Å². The predicted octanol–water partition coefficient (Wildman–Crippen LogP) is 3.62. The van der Waals surface area contributed by atoms with Gasteiger partial charge in [-0.05, 0) is 68.0 Å². The first-order chi connectivity index (χ1) is 9.15. The number of hydrogen-bond donors (Lipinski definition) is 1. The van der Waals surface area contributed by atoms with Crippen molar-refractivity contribution < 1.29 is 5.11 Å². The third-order valence-electron chi connectivity index (χ3n) is 4.31. The van der Waals surface area contributed by atoms with Crippen LogP contribution in [-0.2, 0) is 12.8 Å². The van der Waals surface area contributed by atoms with Gasteiger partial charge in [-0.3, -0.25) is 4.90 Å². The Bertz CT molecular complexity index is 410. The SMILES string of the molecule is CCCN(CCC)[C@@H]1Cc2cc(O)ccc2C[C@@H]1C. The molecule has 106 valence electrons. The van der Waals surface area contributed by atoms with E-state index in [4.69, 9.17) is 0 Å². The van der Waals surface area contributed by atoms with Crippen LogP contribution in [0.1, 0.15) is 44.7 Å². The average Bonchev–Trinajstić information content (AvgIpc) is 2.38. The molecule has 0 aromatic heterocycles. The van der Waals surface area contributed by atoms with Crippen molar-refractivity contribution in [3.8, 4) is 5.75 Å². The molecule has 1 aromatic carbocycles. The second kappa shape index (κ2) is 6.42. The van der Waals surface area contributed by atoms with Crippen molar-refractivity contribution in [2.75, 3.05) is 13.1 Å². The molecule has 0 bridgehead atoms. The molecule has 2 nitrogen and oxygen atoms in total. The lowest BCUT2D eigenvalue weighted by atomic mass is 9.80. The highest BCUT2D eigenvalue weighted by Crippen LogP contribution is 2.31. The number of hydrogen-bond acceptors (Lipinski definition) is 2. The Morgan fingerprint density at radius 3 is 2.42 bits per heavy atom. The van der Waals surface area contributed by atoms with Crippen LogP contribution in [0.4, 0.5) is 0 Å². The van der Waals surface area contributed by atoms with E-state index in [0.717, 1.165) is 12.8 Å². The molecule has 0 radical (unpaired) electrons. The summed E-state index contributed by atoms with van der Waals surface area (Å²) in [5, 5.41) is 9.67. The molecule has 0 saturated heterocycles. The van der Waals surface area contributed by atoms with Crippen molar-refractivity contribution in [1.82, 2.24) is 4.90 Å². The average molecular weight is 261 g/mol. The van der Waals surface area contributed by atoms with Crippen LogP contribution in [0.25, 0.3) is 0 Å². The topological polar surface area (TPSA) is 23.5 Å². The summed E-state index contributed by atoms with van der Waals surface area (Å²) < 4.78 is 0. The summed E-state index contributed by atoms with van der Waals surface area (Å²) in [6.07, 6.45) is 4.67. The van der Waals surface area contributed by atoms with E-state index in [0.29, 0.717) is 17.7 Å². The maximum atomic E-state index is 9.67. The number of aromatic hydroxyl groups is 1. The molecule has 1 aliphatic carbocycles. The molecule has 0 saturated carbocycles. The first-order valence-electron chi connectivity index (χ1n) is 7.70. The Balaban J connectivity index is 2.18. The molecule has 0 amide bonds. The van der Waals surface area contributed by atoms with Gasteiger partial charge in [0, 0.05) is 6.04 Å². The maximum absolute atomic E-state index is 9.67. The second-order valence-corrected chi connectivity index (χ2v) is 5.94. The van der Waals surface area contributed by atoms with Gasteiger partial charge in [0.2, 0.25) is 0 Å². The summed E-state index contributed by atoms with van der Waals surface area (Å²) >= 11 is 0. The van der Waals surface area contributed by atoms with E-state index >= 15 is 0 Å². The van der Waals surface area contributed by atoms with Crippen molar-refractivity contribution in [2.24, 2.45) is 5.92 Å². The maximum Gasteiger partial charge on any atom is 0.115 e. The number of rotatable bonds is 5. The van der Waals surface area contributed by atoms with Crippen LogP contribution in [-0.4, -0.2) is 29.1 Å². The Morgan fingerprint density at radius 1 is 1.11 bits per heavy atom. The summed E-state index contributed by atoms with van der Waals surface area (Å²) in [7, 11) is 0. The zero-order valence-electron chi connectivity index (χ0n) is 12.5. The minimum atomic E-state index is 0.407. The van der Waals surface area contributed by atoms with Gasteiger partial charge in [0.05, 0.1) is 0 Å². The molecule has 0 fully saturated rings. The van der Waals surface area contributed by atoms with E-state index in [2.05, 4.69) is 31.7 Å². The van der Waals surface area contributed by atoms with Crippen LogP contribution in [0, 0.1) is 5.92 Å². The number of fused-ring (bicyclic) bond motifs is 1. The minimum Gasteiger partial charge on any atom is -0.508 e. The molecule has 1 aromatic rings. The molecule has 0 heterocycles. The molecule has 19 heavy (non-hydrogen) atoms. The zero-order valence-corrected chi connectivity index (χ0v) is 12.5. The standard InChI is InChI=1S/C17H27NO/c1-4-8-18(9-5-2)17-12-15-11-16(19)7-6-14(15)10-13(17)3/h6-7,11,13,17,19H,4-5,8-10,12H2,1-3H3/t13-,17+/m0/s1. The van der Waals surface area contributed by atoms with Crippen LogP contribution in [0.5, 0.6) is 5.75 Å². The predicted molar refractivity (Wildman–Crippen MR) is 80.6 cm³/mol. The van der Waals surface area contributed by atoms with Gasteiger partial charge in [-0.2, -0.15) is 0 Å². The molecule has 1 aliphatic rings. The van der Waals surface area contributed by atoms with Crippen LogP contribution < -0.4 is 0 Å².